The number of hydrogen-bond acceptors (Lipinski definition) is 2. The highest BCUT2D eigenvalue weighted by Crippen LogP contribution is 2.10. The summed E-state index contributed by atoms with van der Waals surface area (Å²) < 4.78 is 2.10. The Kier molecular flexibility index (Phi) is 7.70. The second-order valence-corrected chi connectivity index (χ2v) is 5.65. The quantitative estimate of drug-likeness (QED) is 0.583. The third-order valence-electron chi connectivity index (χ3n) is 3.39. The molecule has 0 fully saturated rings. The maximum absolute atomic E-state index is 4.20. The lowest BCUT2D eigenvalue weighted by Crippen LogP contribution is -2.06. The molecule has 104 valence electrons. The van der Waals surface area contributed by atoms with Crippen LogP contribution < -0.4 is 0 Å². The predicted octanol–water partition coefficient (Wildman–Crippen LogP) is 4.23. The molecule has 0 amide bonds. The Morgan fingerprint density at radius 1 is 1.11 bits per heavy atom. The molecule has 0 aliphatic rings. The van der Waals surface area contributed by atoms with E-state index in [1.165, 1.54) is 50.6 Å². The maximum atomic E-state index is 4.20. The molecule has 1 aromatic rings. The van der Waals surface area contributed by atoms with E-state index in [1.807, 2.05) is 6.20 Å². The van der Waals surface area contributed by atoms with Crippen molar-refractivity contribution >= 4 is 0 Å². The minimum Gasteiger partial charge on any atom is -0.249 e. The molecule has 0 aromatic carbocycles. The van der Waals surface area contributed by atoms with E-state index in [1.54, 1.807) is 0 Å². The lowest BCUT2D eigenvalue weighted by Gasteiger charge is -2.07. The summed E-state index contributed by atoms with van der Waals surface area (Å²) in [6.45, 7) is 7.86. The molecule has 0 radical (unpaired) electrons. The van der Waals surface area contributed by atoms with Crippen LogP contribution in [0.5, 0.6) is 0 Å². The zero-order valence-electron chi connectivity index (χ0n) is 12.4. The molecule has 1 aromatic heterocycles. The van der Waals surface area contributed by atoms with Crippen LogP contribution >= 0.6 is 0 Å². The van der Waals surface area contributed by atoms with Gasteiger partial charge in [0, 0.05) is 6.54 Å². The van der Waals surface area contributed by atoms with Crippen molar-refractivity contribution in [3.05, 3.63) is 11.9 Å². The van der Waals surface area contributed by atoms with Crippen LogP contribution in [0.25, 0.3) is 0 Å². The molecule has 0 unspecified atom stereocenters. The highest BCUT2D eigenvalue weighted by Gasteiger charge is 2.03. The summed E-state index contributed by atoms with van der Waals surface area (Å²) in [7, 11) is 0. The number of aryl methyl sites for hydroxylation is 2. The molecule has 0 aliphatic carbocycles. The van der Waals surface area contributed by atoms with Gasteiger partial charge in [0.15, 0.2) is 0 Å². The summed E-state index contributed by atoms with van der Waals surface area (Å²) in [5.41, 5.74) is 1.32. The van der Waals surface area contributed by atoms with E-state index in [4.69, 9.17) is 0 Å². The van der Waals surface area contributed by atoms with Crippen LogP contribution in [0.3, 0.4) is 0 Å². The van der Waals surface area contributed by atoms with Crippen LogP contribution in [-0.2, 0) is 13.0 Å². The molecule has 0 atom stereocenters. The smallest absolute Gasteiger partial charge is 0.0725 e. The standard InChI is InChI=1S/C15H29N3/c1-4-5-6-7-11-15-13-16-17-18(15)12-9-8-10-14(2)3/h13-14H,4-12H2,1-3H3. The van der Waals surface area contributed by atoms with Gasteiger partial charge in [-0.15, -0.1) is 5.10 Å². The average Bonchev–Trinajstić information content (AvgIpc) is 2.78. The third kappa shape index (κ3) is 6.18. The Balaban J connectivity index is 2.22. The molecule has 0 spiro atoms. The van der Waals surface area contributed by atoms with Gasteiger partial charge in [0.2, 0.25) is 0 Å². The first-order chi connectivity index (χ1) is 8.74. The second kappa shape index (κ2) is 9.12. The Bertz CT molecular complexity index is 304. The molecular weight excluding hydrogens is 222 g/mol. The molecule has 0 saturated heterocycles. The summed E-state index contributed by atoms with van der Waals surface area (Å²) in [6.07, 6.45) is 12.2. The van der Waals surface area contributed by atoms with E-state index in [-0.39, 0.29) is 0 Å². The van der Waals surface area contributed by atoms with Gasteiger partial charge in [0.25, 0.3) is 0 Å². The topological polar surface area (TPSA) is 30.7 Å². The first-order valence-corrected chi connectivity index (χ1v) is 7.61. The van der Waals surface area contributed by atoms with E-state index in [2.05, 4.69) is 35.8 Å². The van der Waals surface area contributed by atoms with E-state index >= 15 is 0 Å². The highest BCUT2D eigenvalue weighted by atomic mass is 15.4. The number of aromatic nitrogens is 3. The van der Waals surface area contributed by atoms with Crippen molar-refractivity contribution in [2.24, 2.45) is 5.92 Å². The summed E-state index contributed by atoms with van der Waals surface area (Å²) in [5.74, 6) is 0.814. The van der Waals surface area contributed by atoms with Gasteiger partial charge >= 0.3 is 0 Å². The summed E-state index contributed by atoms with van der Waals surface area (Å²) in [5, 5.41) is 8.25. The van der Waals surface area contributed by atoms with E-state index in [0.29, 0.717) is 0 Å². The van der Waals surface area contributed by atoms with Crippen LogP contribution in [0.2, 0.25) is 0 Å². The molecule has 18 heavy (non-hydrogen) atoms. The first-order valence-electron chi connectivity index (χ1n) is 7.61. The van der Waals surface area contributed by atoms with E-state index in [9.17, 15) is 0 Å². The lowest BCUT2D eigenvalue weighted by atomic mass is 10.1. The normalized spacial score (nSPS) is 11.3. The number of nitrogens with zero attached hydrogens (tertiary/aromatic N) is 3. The fraction of sp³-hybridized carbons (Fsp3) is 0.867. The van der Waals surface area contributed by atoms with Gasteiger partial charge in [-0.25, -0.2) is 4.68 Å². The molecule has 0 N–H and O–H groups in total. The SMILES string of the molecule is CCCCCCc1cnnn1CCCCC(C)C. The molecule has 0 saturated carbocycles. The van der Waals surface area contributed by atoms with Crippen LogP contribution in [0, 0.1) is 5.92 Å². The van der Waals surface area contributed by atoms with Crippen molar-refractivity contribution in [1.82, 2.24) is 15.0 Å². The Morgan fingerprint density at radius 3 is 2.67 bits per heavy atom. The summed E-state index contributed by atoms with van der Waals surface area (Å²) in [6, 6.07) is 0. The van der Waals surface area contributed by atoms with Gasteiger partial charge in [-0.3, -0.25) is 0 Å². The molecule has 3 heteroatoms. The van der Waals surface area contributed by atoms with Crippen LogP contribution in [0.1, 0.15) is 71.4 Å². The fourth-order valence-electron chi connectivity index (χ4n) is 2.21. The van der Waals surface area contributed by atoms with Crippen LogP contribution in [-0.4, -0.2) is 15.0 Å². The Labute approximate surface area is 112 Å². The van der Waals surface area contributed by atoms with Crippen molar-refractivity contribution in [3.8, 4) is 0 Å². The van der Waals surface area contributed by atoms with Gasteiger partial charge in [-0.1, -0.05) is 58.1 Å². The molecule has 1 rings (SSSR count). The highest BCUT2D eigenvalue weighted by molar-refractivity contribution is 4.93. The Morgan fingerprint density at radius 2 is 1.94 bits per heavy atom. The van der Waals surface area contributed by atoms with Crippen molar-refractivity contribution in [2.75, 3.05) is 0 Å². The number of hydrogen-bond donors (Lipinski definition) is 0. The summed E-state index contributed by atoms with van der Waals surface area (Å²) in [4.78, 5) is 0. The van der Waals surface area contributed by atoms with Gasteiger partial charge in [-0.05, 0) is 25.2 Å². The third-order valence-corrected chi connectivity index (χ3v) is 3.39. The zero-order chi connectivity index (χ0) is 13.2. The van der Waals surface area contributed by atoms with Crippen LogP contribution in [0.4, 0.5) is 0 Å². The largest absolute Gasteiger partial charge is 0.249 e. The lowest BCUT2D eigenvalue weighted by molar-refractivity contribution is 0.474. The monoisotopic (exact) mass is 251 g/mol. The predicted molar refractivity (Wildman–Crippen MR) is 76.6 cm³/mol. The number of unbranched alkanes of at least 4 members (excludes halogenated alkanes) is 4. The number of rotatable bonds is 10. The molecule has 0 aliphatic heterocycles. The summed E-state index contributed by atoms with van der Waals surface area (Å²) >= 11 is 0. The van der Waals surface area contributed by atoms with Crippen molar-refractivity contribution in [3.63, 3.8) is 0 Å². The van der Waals surface area contributed by atoms with Gasteiger partial charge in [0.1, 0.15) is 0 Å². The van der Waals surface area contributed by atoms with Crippen molar-refractivity contribution in [1.29, 1.82) is 0 Å². The van der Waals surface area contributed by atoms with Crippen molar-refractivity contribution < 1.29 is 0 Å². The van der Waals surface area contributed by atoms with E-state index in [0.717, 1.165) is 18.9 Å². The van der Waals surface area contributed by atoms with E-state index < -0.39 is 0 Å². The zero-order valence-corrected chi connectivity index (χ0v) is 12.4. The first kappa shape index (κ1) is 15.2. The Hall–Kier alpha value is -0.860. The molecule has 3 nitrogen and oxygen atoms in total. The van der Waals surface area contributed by atoms with Gasteiger partial charge in [-0.2, -0.15) is 0 Å². The van der Waals surface area contributed by atoms with Crippen molar-refractivity contribution in [2.45, 2.75) is 78.7 Å². The fourth-order valence-corrected chi connectivity index (χ4v) is 2.21. The molecule has 1 heterocycles. The average molecular weight is 251 g/mol. The van der Waals surface area contributed by atoms with Crippen LogP contribution in [0.15, 0.2) is 6.20 Å². The molecular formula is C15H29N3. The van der Waals surface area contributed by atoms with Gasteiger partial charge in [0.05, 0.1) is 11.9 Å². The minimum absolute atomic E-state index is 0.814. The maximum Gasteiger partial charge on any atom is 0.0725 e. The molecule has 0 bridgehead atoms. The van der Waals surface area contributed by atoms with Gasteiger partial charge < -0.3 is 0 Å². The second-order valence-electron chi connectivity index (χ2n) is 5.65. The minimum atomic E-state index is 0.814.